The molecule has 0 saturated carbocycles. The Morgan fingerprint density at radius 2 is 1.54 bits per heavy atom. The van der Waals surface area contributed by atoms with Crippen LogP contribution in [-0.4, -0.2) is 45.9 Å². The molecule has 7 heteroatoms. The molecule has 1 fully saturated rings. The summed E-state index contributed by atoms with van der Waals surface area (Å²) < 4.78 is 1.86. The average Bonchev–Trinajstić information content (AvgIpc) is 3.19. The topological polar surface area (TPSA) is 50.1 Å². The number of benzene rings is 2. The van der Waals surface area contributed by atoms with Gasteiger partial charge in [-0.2, -0.15) is 5.10 Å². The van der Waals surface area contributed by atoms with Gasteiger partial charge in [0.2, 0.25) is 0 Å². The number of aromatic nitrogens is 4. The van der Waals surface area contributed by atoms with E-state index in [1.54, 1.807) is 6.33 Å². The second kappa shape index (κ2) is 7.13. The van der Waals surface area contributed by atoms with Crippen LogP contribution in [0.5, 0.6) is 0 Å². The van der Waals surface area contributed by atoms with Gasteiger partial charge in [-0.15, -0.1) is 0 Å². The number of nitrogens with zero attached hydrogens (tertiary/aromatic N) is 6. The number of halogens is 1. The van der Waals surface area contributed by atoms with Gasteiger partial charge < -0.3 is 9.80 Å². The Hall–Kier alpha value is -3.12. The van der Waals surface area contributed by atoms with Crippen molar-refractivity contribution in [2.45, 2.75) is 0 Å². The molecule has 0 bridgehead atoms. The highest BCUT2D eigenvalue weighted by Crippen LogP contribution is 2.27. The molecule has 1 aliphatic heterocycles. The van der Waals surface area contributed by atoms with Crippen LogP contribution in [0, 0.1) is 0 Å². The van der Waals surface area contributed by atoms with Crippen molar-refractivity contribution in [2.75, 3.05) is 36.0 Å². The third-order valence-corrected chi connectivity index (χ3v) is 5.33. The fraction of sp³-hybridized carbons (Fsp3) is 0.190. The van der Waals surface area contributed by atoms with Crippen LogP contribution in [0.15, 0.2) is 67.1 Å². The number of para-hydroxylation sites is 1. The van der Waals surface area contributed by atoms with Crippen LogP contribution in [0.4, 0.5) is 11.5 Å². The van der Waals surface area contributed by atoms with E-state index in [1.807, 2.05) is 59.4 Å². The van der Waals surface area contributed by atoms with Crippen LogP contribution >= 0.6 is 11.6 Å². The molecule has 2 aromatic carbocycles. The molecule has 3 heterocycles. The van der Waals surface area contributed by atoms with Crippen LogP contribution in [0.3, 0.4) is 0 Å². The van der Waals surface area contributed by atoms with Gasteiger partial charge in [0.1, 0.15) is 12.1 Å². The molecule has 1 saturated heterocycles. The van der Waals surface area contributed by atoms with Crippen LogP contribution in [0.1, 0.15) is 0 Å². The van der Waals surface area contributed by atoms with E-state index in [9.17, 15) is 0 Å². The summed E-state index contributed by atoms with van der Waals surface area (Å²) in [6.45, 7) is 3.60. The van der Waals surface area contributed by atoms with Gasteiger partial charge in [0, 0.05) is 36.9 Å². The Kier molecular flexibility index (Phi) is 4.33. The highest BCUT2D eigenvalue weighted by atomic mass is 35.5. The SMILES string of the molecule is Clc1cccc(N2CCN(c3ncnc4c3cnn4-c3ccccc3)CC2)c1. The first kappa shape index (κ1) is 17.0. The summed E-state index contributed by atoms with van der Waals surface area (Å²) in [4.78, 5) is 13.7. The fourth-order valence-electron chi connectivity index (χ4n) is 3.69. The second-order valence-electron chi connectivity index (χ2n) is 6.78. The molecular weight excluding hydrogens is 372 g/mol. The predicted octanol–water partition coefficient (Wildman–Crippen LogP) is 3.80. The van der Waals surface area contributed by atoms with E-state index in [-0.39, 0.29) is 0 Å². The first-order valence-corrected chi connectivity index (χ1v) is 9.67. The average molecular weight is 391 g/mol. The van der Waals surface area contributed by atoms with Crippen molar-refractivity contribution in [2.24, 2.45) is 0 Å². The molecule has 4 aromatic rings. The molecule has 6 nitrogen and oxygen atoms in total. The van der Waals surface area contributed by atoms with E-state index in [0.717, 1.165) is 59.4 Å². The lowest BCUT2D eigenvalue weighted by atomic mass is 10.2. The third-order valence-electron chi connectivity index (χ3n) is 5.10. The predicted molar refractivity (Wildman–Crippen MR) is 113 cm³/mol. The highest BCUT2D eigenvalue weighted by Gasteiger charge is 2.21. The van der Waals surface area contributed by atoms with E-state index in [4.69, 9.17) is 11.6 Å². The first-order valence-electron chi connectivity index (χ1n) is 9.29. The van der Waals surface area contributed by atoms with Gasteiger partial charge in [0.15, 0.2) is 5.65 Å². The largest absolute Gasteiger partial charge is 0.368 e. The Balaban J connectivity index is 1.41. The van der Waals surface area contributed by atoms with Gasteiger partial charge >= 0.3 is 0 Å². The molecule has 1 aliphatic rings. The van der Waals surface area contributed by atoms with Crippen molar-refractivity contribution in [3.63, 3.8) is 0 Å². The van der Waals surface area contributed by atoms with E-state index in [1.165, 1.54) is 0 Å². The molecule has 0 atom stereocenters. The molecule has 0 radical (unpaired) electrons. The first-order chi connectivity index (χ1) is 13.8. The Labute approximate surface area is 168 Å². The maximum absolute atomic E-state index is 6.14. The zero-order chi connectivity index (χ0) is 18.9. The number of fused-ring (bicyclic) bond motifs is 1. The van der Waals surface area contributed by atoms with Gasteiger partial charge in [-0.25, -0.2) is 14.6 Å². The summed E-state index contributed by atoms with van der Waals surface area (Å²) in [6, 6.07) is 18.1. The van der Waals surface area contributed by atoms with Crippen molar-refractivity contribution in [3.8, 4) is 5.69 Å². The van der Waals surface area contributed by atoms with E-state index >= 15 is 0 Å². The lowest BCUT2D eigenvalue weighted by Gasteiger charge is -2.36. The minimum atomic E-state index is 0.769. The summed E-state index contributed by atoms with van der Waals surface area (Å²) in [7, 11) is 0. The Bertz CT molecular complexity index is 1100. The zero-order valence-electron chi connectivity index (χ0n) is 15.2. The van der Waals surface area contributed by atoms with Crippen LogP contribution in [0.25, 0.3) is 16.7 Å². The standard InChI is InChI=1S/C21H19ClN6/c22-16-5-4-8-18(13-16)26-9-11-27(12-10-26)20-19-14-25-28(21(19)24-15-23-20)17-6-2-1-3-7-17/h1-8,13-15H,9-12H2. The molecule has 2 aromatic heterocycles. The molecule has 0 amide bonds. The minimum Gasteiger partial charge on any atom is -0.368 e. The molecule has 0 N–H and O–H groups in total. The summed E-state index contributed by atoms with van der Waals surface area (Å²) in [5.41, 5.74) is 2.98. The molecule has 0 aliphatic carbocycles. The lowest BCUT2D eigenvalue weighted by molar-refractivity contribution is 0.649. The van der Waals surface area contributed by atoms with Crippen LogP contribution < -0.4 is 9.80 Å². The Morgan fingerprint density at radius 3 is 2.32 bits per heavy atom. The maximum Gasteiger partial charge on any atom is 0.168 e. The van der Waals surface area contributed by atoms with Crippen molar-refractivity contribution in [1.82, 2.24) is 19.7 Å². The van der Waals surface area contributed by atoms with E-state index < -0.39 is 0 Å². The van der Waals surface area contributed by atoms with E-state index in [0.29, 0.717) is 0 Å². The van der Waals surface area contributed by atoms with Gasteiger partial charge in [-0.1, -0.05) is 35.9 Å². The van der Waals surface area contributed by atoms with Crippen LogP contribution in [-0.2, 0) is 0 Å². The quantitative estimate of drug-likeness (QED) is 0.532. The Morgan fingerprint density at radius 1 is 0.786 bits per heavy atom. The molecular formula is C21H19ClN6. The minimum absolute atomic E-state index is 0.769. The highest BCUT2D eigenvalue weighted by molar-refractivity contribution is 6.30. The van der Waals surface area contributed by atoms with Gasteiger partial charge in [0.25, 0.3) is 0 Å². The van der Waals surface area contributed by atoms with Gasteiger partial charge in [0.05, 0.1) is 17.3 Å². The number of rotatable bonds is 3. The van der Waals surface area contributed by atoms with Crippen molar-refractivity contribution in [3.05, 3.63) is 72.1 Å². The lowest BCUT2D eigenvalue weighted by Crippen LogP contribution is -2.46. The van der Waals surface area contributed by atoms with Gasteiger partial charge in [-0.3, -0.25) is 0 Å². The number of hydrogen-bond acceptors (Lipinski definition) is 5. The van der Waals surface area contributed by atoms with Gasteiger partial charge in [-0.05, 0) is 30.3 Å². The summed E-state index contributed by atoms with van der Waals surface area (Å²) >= 11 is 6.14. The molecule has 0 spiro atoms. The maximum atomic E-state index is 6.14. The second-order valence-corrected chi connectivity index (χ2v) is 7.22. The smallest absolute Gasteiger partial charge is 0.168 e. The van der Waals surface area contributed by atoms with Crippen molar-refractivity contribution >= 4 is 34.1 Å². The summed E-state index contributed by atoms with van der Waals surface area (Å²) in [5.74, 6) is 0.943. The normalized spacial score (nSPS) is 14.6. The molecule has 0 unspecified atom stereocenters. The van der Waals surface area contributed by atoms with E-state index in [2.05, 4.69) is 30.9 Å². The van der Waals surface area contributed by atoms with Crippen LogP contribution in [0.2, 0.25) is 5.02 Å². The summed E-state index contributed by atoms with van der Waals surface area (Å²) in [5, 5.41) is 6.30. The fourth-order valence-corrected chi connectivity index (χ4v) is 3.88. The number of hydrogen-bond donors (Lipinski definition) is 0. The summed E-state index contributed by atoms with van der Waals surface area (Å²) in [6.07, 6.45) is 3.49. The molecule has 5 rings (SSSR count). The van der Waals surface area contributed by atoms with Crippen molar-refractivity contribution in [1.29, 1.82) is 0 Å². The third kappa shape index (κ3) is 3.05. The molecule has 140 valence electrons. The zero-order valence-corrected chi connectivity index (χ0v) is 16.0. The molecule has 28 heavy (non-hydrogen) atoms. The van der Waals surface area contributed by atoms with Crippen molar-refractivity contribution < 1.29 is 0 Å². The number of piperazine rings is 1. The number of anilines is 2. The monoisotopic (exact) mass is 390 g/mol.